The number of fused-ring (bicyclic) bond motifs is 1. The number of hydrogen-bond acceptors (Lipinski definition) is 3. The molecular weight excluding hydrogens is 268 g/mol. The lowest BCUT2D eigenvalue weighted by atomic mass is 10.1. The van der Waals surface area contributed by atoms with Gasteiger partial charge in [-0.15, -0.1) is 0 Å². The van der Waals surface area contributed by atoms with E-state index in [-0.39, 0.29) is 12.0 Å². The van der Waals surface area contributed by atoms with Crippen LogP contribution in [0.1, 0.15) is 5.56 Å². The quantitative estimate of drug-likeness (QED) is 0.883. The van der Waals surface area contributed by atoms with E-state index in [1.54, 1.807) is 31.3 Å². The molecule has 0 aliphatic carbocycles. The van der Waals surface area contributed by atoms with E-state index in [0.717, 1.165) is 10.9 Å². The molecule has 0 aliphatic rings. The fraction of sp³-hybridized carbons (Fsp3) is 0.231. The van der Waals surface area contributed by atoms with Crippen molar-refractivity contribution in [3.63, 3.8) is 0 Å². The Hall–Kier alpha value is -1.85. The average Bonchev–Trinajstić information content (AvgIpc) is 2.35. The third kappa shape index (κ3) is 2.62. The van der Waals surface area contributed by atoms with Gasteiger partial charge in [-0.05, 0) is 24.3 Å². The van der Waals surface area contributed by atoms with Gasteiger partial charge in [0.1, 0.15) is 6.04 Å². The molecule has 5 nitrogen and oxygen atoms in total. The average molecular weight is 281 g/mol. The summed E-state index contributed by atoms with van der Waals surface area (Å²) in [6, 6.07) is 5.73. The zero-order chi connectivity index (χ0) is 14.2. The van der Waals surface area contributed by atoms with E-state index in [4.69, 9.17) is 22.4 Å². The Morgan fingerprint density at radius 3 is 2.79 bits per heavy atom. The topological polar surface area (TPSA) is 85.3 Å². The summed E-state index contributed by atoms with van der Waals surface area (Å²) in [5, 5.41) is 10.1. The van der Waals surface area contributed by atoms with Gasteiger partial charge in [0.15, 0.2) is 0 Å². The van der Waals surface area contributed by atoms with Crippen molar-refractivity contribution in [2.45, 2.75) is 12.5 Å². The van der Waals surface area contributed by atoms with Crippen LogP contribution in [-0.4, -0.2) is 21.7 Å². The van der Waals surface area contributed by atoms with Crippen LogP contribution in [0.3, 0.4) is 0 Å². The summed E-state index contributed by atoms with van der Waals surface area (Å²) in [5.41, 5.74) is 6.33. The molecule has 1 aromatic heterocycles. The fourth-order valence-electron chi connectivity index (χ4n) is 1.99. The number of hydrogen-bond donors (Lipinski definition) is 2. The van der Waals surface area contributed by atoms with Gasteiger partial charge in [0.25, 0.3) is 5.56 Å². The van der Waals surface area contributed by atoms with Crippen molar-refractivity contribution in [2.24, 2.45) is 12.8 Å². The molecule has 0 saturated carbocycles. The monoisotopic (exact) mass is 280 g/mol. The lowest BCUT2D eigenvalue weighted by molar-refractivity contribution is -0.138. The van der Waals surface area contributed by atoms with Crippen molar-refractivity contribution >= 4 is 28.5 Å². The smallest absolute Gasteiger partial charge is 0.320 e. The number of carboxylic acids is 1. The Morgan fingerprint density at radius 1 is 1.47 bits per heavy atom. The van der Waals surface area contributed by atoms with Gasteiger partial charge < -0.3 is 15.4 Å². The Labute approximate surface area is 114 Å². The zero-order valence-electron chi connectivity index (χ0n) is 10.3. The standard InChI is InChI=1S/C13H13ClN2O3/c1-16-11-3-2-9(14)5-7(11)4-8(12(16)17)6-10(15)13(18)19/h2-5,10H,6,15H2,1H3,(H,18,19). The van der Waals surface area contributed by atoms with Gasteiger partial charge in [-0.3, -0.25) is 9.59 Å². The van der Waals surface area contributed by atoms with E-state index >= 15 is 0 Å². The van der Waals surface area contributed by atoms with Crippen LogP contribution in [0.4, 0.5) is 0 Å². The first-order valence-corrected chi connectivity index (χ1v) is 6.04. The minimum atomic E-state index is -1.13. The van der Waals surface area contributed by atoms with E-state index in [2.05, 4.69) is 0 Å². The predicted molar refractivity (Wildman–Crippen MR) is 73.5 cm³/mol. The fourth-order valence-corrected chi connectivity index (χ4v) is 2.17. The molecule has 0 saturated heterocycles. The summed E-state index contributed by atoms with van der Waals surface area (Å²) >= 11 is 5.91. The second-order valence-electron chi connectivity index (χ2n) is 4.39. The first kappa shape index (κ1) is 13.6. The van der Waals surface area contributed by atoms with Crippen molar-refractivity contribution in [1.82, 2.24) is 4.57 Å². The number of benzene rings is 1. The van der Waals surface area contributed by atoms with Crippen LogP contribution in [-0.2, 0) is 18.3 Å². The second kappa shape index (κ2) is 5.03. The molecule has 1 unspecified atom stereocenters. The maximum Gasteiger partial charge on any atom is 0.320 e. The number of aliphatic carboxylic acids is 1. The zero-order valence-corrected chi connectivity index (χ0v) is 11.0. The molecule has 0 radical (unpaired) electrons. The van der Waals surface area contributed by atoms with E-state index in [9.17, 15) is 9.59 Å². The molecule has 6 heteroatoms. The van der Waals surface area contributed by atoms with Crippen LogP contribution in [0.25, 0.3) is 10.9 Å². The van der Waals surface area contributed by atoms with Crippen molar-refractivity contribution in [1.29, 1.82) is 0 Å². The predicted octanol–water partition coefficient (Wildman–Crippen LogP) is 1.15. The van der Waals surface area contributed by atoms with Gasteiger partial charge in [-0.25, -0.2) is 0 Å². The number of carbonyl (C=O) groups is 1. The lowest BCUT2D eigenvalue weighted by Gasteiger charge is -2.11. The maximum atomic E-state index is 12.1. The van der Waals surface area contributed by atoms with Crippen molar-refractivity contribution in [3.05, 3.63) is 45.2 Å². The van der Waals surface area contributed by atoms with Crippen LogP contribution in [0.2, 0.25) is 5.02 Å². The Bertz CT molecular complexity index is 709. The highest BCUT2D eigenvalue weighted by molar-refractivity contribution is 6.31. The van der Waals surface area contributed by atoms with Gasteiger partial charge in [0, 0.05) is 29.4 Å². The van der Waals surface area contributed by atoms with Gasteiger partial charge in [-0.2, -0.15) is 0 Å². The molecule has 2 aromatic rings. The third-order valence-electron chi connectivity index (χ3n) is 3.02. The molecule has 0 aliphatic heterocycles. The SMILES string of the molecule is Cn1c(=O)c(CC(N)C(=O)O)cc2cc(Cl)ccc21. The molecule has 0 amide bonds. The summed E-state index contributed by atoms with van der Waals surface area (Å²) < 4.78 is 1.47. The highest BCUT2D eigenvalue weighted by Crippen LogP contribution is 2.18. The Morgan fingerprint density at radius 2 is 2.16 bits per heavy atom. The van der Waals surface area contributed by atoms with Gasteiger partial charge in [0.05, 0.1) is 5.52 Å². The first-order chi connectivity index (χ1) is 8.90. The number of halogens is 1. The Kier molecular flexibility index (Phi) is 3.59. The van der Waals surface area contributed by atoms with Crippen LogP contribution < -0.4 is 11.3 Å². The number of nitrogens with two attached hydrogens (primary N) is 1. The van der Waals surface area contributed by atoms with Crippen molar-refractivity contribution < 1.29 is 9.90 Å². The highest BCUT2D eigenvalue weighted by atomic mass is 35.5. The molecule has 2 rings (SSSR count). The highest BCUT2D eigenvalue weighted by Gasteiger charge is 2.16. The summed E-state index contributed by atoms with van der Waals surface area (Å²) in [4.78, 5) is 22.9. The molecule has 19 heavy (non-hydrogen) atoms. The molecule has 1 aromatic carbocycles. The molecule has 1 atom stereocenters. The summed E-state index contributed by atoms with van der Waals surface area (Å²) in [6.45, 7) is 0. The summed E-state index contributed by atoms with van der Waals surface area (Å²) in [7, 11) is 1.63. The van der Waals surface area contributed by atoms with Crippen molar-refractivity contribution in [2.75, 3.05) is 0 Å². The van der Waals surface area contributed by atoms with E-state index in [0.29, 0.717) is 10.6 Å². The molecule has 3 N–H and O–H groups in total. The first-order valence-electron chi connectivity index (χ1n) is 5.66. The number of aromatic nitrogens is 1. The lowest BCUT2D eigenvalue weighted by Crippen LogP contribution is -2.35. The minimum Gasteiger partial charge on any atom is -0.480 e. The number of nitrogens with zero attached hydrogens (tertiary/aromatic N) is 1. The van der Waals surface area contributed by atoms with E-state index < -0.39 is 12.0 Å². The van der Waals surface area contributed by atoms with E-state index in [1.165, 1.54) is 4.57 Å². The normalized spacial score (nSPS) is 12.6. The van der Waals surface area contributed by atoms with E-state index in [1.807, 2.05) is 0 Å². The van der Waals surface area contributed by atoms with Gasteiger partial charge in [-0.1, -0.05) is 11.6 Å². The second-order valence-corrected chi connectivity index (χ2v) is 4.82. The molecule has 1 heterocycles. The number of rotatable bonds is 3. The number of pyridine rings is 1. The van der Waals surface area contributed by atoms with Crippen molar-refractivity contribution in [3.8, 4) is 0 Å². The van der Waals surface area contributed by atoms with Crippen LogP contribution in [0.5, 0.6) is 0 Å². The molecular formula is C13H13ClN2O3. The molecule has 0 spiro atoms. The summed E-state index contributed by atoms with van der Waals surface area (Å²) in [5.74, 6) is -1.13. The van der Waals surface area contributed by atoms with Crippen LogP contribution >= 0.6 is 11.6 Å². The van der Waals surface area contributed by atoms with Gasteiger partial charge >= 0.3 is 5.97 Å². The van der Waals surface area contributed by atoms with Crippen LogP contribution in [0.15, 0.2) is 29.1 Å². The molecule has 0 fully saturated rings. The Balaban J connectivity index is 2.59. The minimum absolute atomic E-state index is 0.00946. The maximum absolute atomic E-state index is 12.1. The van der Waals surface area contributed by atoms with Gasteiger partial charge in [0.2, 0.25) is 0 Å². The third-order valence-corrected chi connectivity index (χ3v) is 3.25. The number of carboxylic acid groups (broad SMARTS) is 1. The van der Waals surface area contributed by atoms with Crippen LogP contribution in [0, 0.1) is 0 Å². The number of aryl methyl sites for hydroxylation is 1. The molecule has 100 valence electrons. The largest absolute Gasteiger partial charge is 0.480 e. The molecule has 0 bridgehead atoms. The summed E-state index contributed by atoms with van der Waals surface area (Å²) in [6.07, 6.45) is -0.00946.